The Kier molecular flexibility index (Phi) is 7.00. The third-order valence-corrected chi connectivity index (χ3v) is 15.6. The highest BCUT2D eigenvalue weighted by molar-refractivity contribution is 6.18. The van der Waals surface area contributed by atoms with Gasteiger partial charge in [-0.1, -0.05) is 93.0 Å². The fourth-order valence-corrected chi connectivity index (χ4v) is 13.0. The van der Waals surface area contributed by atoms with Crippen LogP contribution in [0.1, 0.15) is 67.1 Å². The lowest BCUT2D eigenvalue weighted by Crippen LogP contribution is -2.25. The molecule has 0 atom stereocenters. The van der Waals surface area contributed by atoms with Gasteiger partial charge in [0.25, 0.3) is 0 Å². The van der Waals surface area contributed by atoms with E-state index in [1.165, 1.54) is 171 Å². The second-order valence-corrected chi connectivity index (χ2v) is 20.4. The number of hydrogen-bond acceptors (Lipinski definition) is 0. The lowest BCUT2D eigenvalue weighted by atomic mass is 9.76. The van der Waals surface area contributed by atoms with Gasteiger partial charge in [0.1, 0.15) is 0 Å². The molecular weight excluding hydrogens is 813 g/mol. The fraction of sp³-hybridized carbons (Fsp3) is 0.143. The van der Waals surface area contributed by atoms with Crippen molar-refractivity contribution in [3.05, 3.63) is 201 Å². The molecule has 2 aliphatic heterocycles. The van der Waals surface area contributed by atoms with Crippen LogP contribution in [0.15, 0.2) is 140 Å². The summed E-state index contributed by atoms with van der Waals surface area (Å²) < 4.78 is 10.6. The van der Waals surface area contributed by atoms with Gasteiger partial charge in [0.05, 0.1) is 66.9 Å². The van der Waals surface area contributed by atoms with Gasteiger partial charge in [-0.25, -0.2) is 0 Å². The van der Waals surface area contributed by atoms with E-state index in [1.54, 1.807) is 0 Å². The molecule has 0 saturated carbocycles. The number of fused-ring (bicyclic) bond motifs is 16. The predicted molar refractivity (Wildman–Crippen MR) is 283 cm³/mol. The molecule has 0 N–H and O–H groups in total. The van der Waals surface area contributed by atoms with Crippen LogP contribution in [0, 0.1) is 55.4 Å². The summed E-state index contributed by atoms with van der Waals surface area (Å²) in [4.78, 5) is 0. The Labute approximate surface area is 388 Å². The van der Waals surface area contributed by atoms with E-state index < -0.39 is 0 Å². The first-order chi connectivity index (χ1) is 32.5. The first kappa shape index (κ1) is 37.4. The van der Waals surface area contributed by atoms with Crippen molar-refractivity contribution in [1.82, 2.24) is 18.3 Å². The lowest BCUT2D eigenvalue weighted by molar-refractivity contribution is 0.867. The Bertz CT molecular complexity index is 4080. The van der Waals surface area contributed by atoms with E-state index in [4.69, 9.17) is 0 Å². The minimum atomic E-state index is -0.0422. The van der Waals surface area contributed by atoms with Gasteiger partial charge < -0.3 is 18.3 Å². The smallest absolute Gasteiger partial charge is 0.0767 e. The normalized spacial score (nSPS) is 13.3. The molecule has 13 aromatic rings. The topological polar surface area (TPSA) is 19.7 Å². The first-order valence-electron chi connectivity index (χ1n) is 23.9. The predicted octanol–water partition coefficient (Wildman–Crippen LogP) is 16.3. The Morgan fingerprint density at radius 1 is 0.269 bits per heavy atom. The molecule has 0 amide bonds. The molecule has 320 valence electrons. The summed E-state index contributed by atoms with van der Waals surface area (Å²) in [5.41, 5.74) is 29.1. The molecule has 0 saturated heterocycles. The Morgan fingerprint density at radius 3 is 0.851 bits per heavy atom. The number of benzene rings is 9. The van der Waals surface area contributed by atoms with Gasteiger partial charge in [-0.2, -0.15) is 0 Å². The maximum atomic E-state index is 2.68. The zero-order valence-electron chi connectivity index (χ0n) is 39.1. The van der Waals surface area contributed by atoms with Crippen LogP contribution in [0.4, 0.5) is 0 Å². The molecule has 4 aromatic heterocycles. The van der Waals surface area contributed by atoms with Crippen molar-refractivity contribution in [2.45, 2.75) is 61.3 Å². The SMILES string of the molecule is Cc1ccc2c(c1)c1cc(C)ccc1n2-c1cc(-n2c3ccc(C)cc3c3cc(C)ccc32)c2c3c1-n1c4ccc(C)cc4c4cc(C)cc(c41)C3c1cc(C)cc3c4cc(C)ccc4n-2c13. The summed E-state index contributed by atoms with van der Waals surface area (Å²) >= 11 is 0. The molecule has 0 bridgehead atoms. The molecule has 4 nitrogen and oxygen atoms in total. The van der Waals surface area contributed by atoms with Crippen molar-refractivity contribution < 1.29 is 0 Å². The van der Waals surface area contributed by atoms with Crippen LogP contribution < -0.4 is 0 Å². The lowest BCUT2D eigenvalue weighted by Gasteiger charge is -2.38. The Morgan fingerprint density at radius 2 is 0.537 bits per heavy atom. The van der Waals surface area contributed by atoms with Gasteiger partial charge >= 0.3 is 0 Å². The average Bonchev–Trinajstić information content (AvgIpc) is 4.00. The van der Waals surface area contributed by atoms with Crippen molar-refractivity contribution in [3.8, 4) is 22.7 Å². The summed E-state index contributed by atoms with van der Waals surface area (Å²) in [5.74, 6) is -0.0422. The van der Waals surface area contributed by atoms with E-state index in [0.717, 1.165) is 0 Å². The minimum absolute atomic E-state index is 0.0422. The second kappa shape index (κ2) is 12.5. The third kappa shape index (κ3) is 4.68. The number of rotatable bonds is 2. The van der Waals surface area contributed by atoms with Crippen LogP contribution in [0.25, 0.3) is 110 Å². The summed E-state index contributed by atoms with van der Waals surface area (Å²) in [6.07, 6.45) is 0. The van der Waals surface area contributed by atoms with Crippen molar-refractivity contribution in [1.29, 1.82) is 0 Å². The van der Waals surface area contributed by atoms with Crippen molar-refractivity contribution in [2.24, 2.45) is 0 Å². The van der Waals surface area contributed by atoms with Crippen LogP contribution in [0.5, 0.6) is 0 Å². The molecule has 6 heterocycles. The largest absolute Gasteiger partial charge is 0.307 e. The monoisotopic (exact) mass is 860 g/mol. The number of hydrogen-bond donors (Lipinski definition) is 0. The highest BCUT2D eigenvalue weighted by Crippen LogP contribution is 2.58. The Balaban J connectivity index is 1.27. The molecule has 0 radical (unpaired) electrons. The molecule has 4 heteroatoms. The van der Waals surface area contributed by atoms with E-state index in [0.29, 0.717) is 0 Å². The van der Waals surface area contributed by atoms with Crippen molar-refractivity contribution in [2.75, 3.05) is 0 Å². The van der Waals surface area contributed by atoms with Crippen molar-refractivity contribution >= 4 is 87.2 Å². The van der Waals surface area contributed by atoms with Crippen LogP contribution >= 0.6 is 0 Å². The quantitative estimate of drug-likeness (QED) is 0.165. The van der Waals surface area contributed by atoms with Gasteiger partial charge in [-0.3, -0.25) is 0 Å². The summed E-state index contributed by atoms with van der Waals surface area (Å²) in [7, 11) is 0. The molecule has 15 rings (SSSR count). The van der Waals surface area contributed by atoms with E-state index in [1.807, 2.05) is 0 Å². The number of aromatic nitrogens is 4. The van der Waals surface area contributed by atoms with Crippen LogP contribution in [-0.2, 0) is 0 Å². The average molecular weight is 861 g/mol. The van der Waals surface area contributed by atoms with Gasteiger partial charge in [0, 0.05) is 54.6 Å². The van der Waals surface area contributed by atoms with Crippen molar-refractivity contribution in [3.63, 3.8) is 0 Å². The fourth-order valence-electron chi connectivity index (χ4n) is 13.0. The standard InChI is InChI=1S/C63H48N4/c1-32-9-15-50-40(21-32)41-22-33(2)10-16-51(41)64(50)56-31-57(65-52-17-11-34(3)23-42(52)43-24-35(4)12-18-53(43)65)63-59-58(49-30-39(8)28-47-45-26-37(6)14-20-55(45)67(63)61(47)49)48-29-38(7)27-46-44-25-36(5)13-19-54(44)66(60(46)48)62(56)59/h9-31,58H,1-8H3. The molecule has 0 aliphatic carbocycles. The zero-order chi connectivity index (χ0) is 45.0. The number of nitrogens with zero attached hydrogens (tertiary/aromatic N) is 4. The zero-order valence-corrected chi connectivity index (χ0v) is 39.1. The van der Waals surface area contributed by atoms with Crippen LogP contribution in [-0.4, -0.2) is 18.3 Å². The second-order valence-electron chi connectivity index (χ2n) is 20.4. The Hall–Kier alpha value is -7.82. The molecule has 67 heavy (non-hydrogen) atoms. The van der Waals surface area contributed by atoms with E-state index in [-0.39, 0.29) is 5.92 Å². The molecule has 9 aromatic carbocycles. The molecular formula is C63H48N4. The maximum absolute atomic E-state index is 2.68. The third-order valence-electron chi connectivity index (χ3n) is 15.6. The van der Waals surface area contributed by atoms with Gasteiger partial charge in [-0.05, 0) is 158 Å². The minimum Gasteiger partial charge on any atom is -0.307 e. The van der Waals surface area contributed by atoms with E-state index in [9.17, 15) is 0 Å². The van der Waals surface area contributed by atoms with E-state index in [2.05, 4.69) is 213 Å². The summed E-state index contributed by atoms with van der Waals surface area (Å²) in [6, 6.07) is 55.0. The van der Waals surface area contributed by atoms with Gasteiger partial charge in [-0.15, -0.1) is 0 Å². The van der Waals surface area contributed by atoms with Gasteiger partial charge in [0.2, 0.25) is 0 Å². The van der Waals surface area contributed by atoms with Gasteiger partial charge in [0.15, 0.2) is 0 Å². The highest BCUT2D eigenvalue weighted by atomic mass is 15.1. The molecule has 0 unspecified atom stereocenters. The number of aryl methyl sites for hydroxylation is 8. The van der Waals surface area contributed by atoms with Crippen LogP contribution in [0.3, 0.4) is 0 Å². The highest BCUT2D eigenvalue weighted by Gasteiger charge is 2.42. The molecule has 0 spiro atoms. The molecule has 0 fully saturated rings. The summed E-state index contributed by atoms with van der Waals surface area (Å²) in [5, 5.41) is 10.4. The maximum Gasteiger partial charge on any atom is 0.0767 e. The van der Waals surface area contributed by atoms with Crippen LogP contribution in [0.2, 0.25) is 0 Å². The molecule has 2 aliphatic rings. The first-order valence-corrected chi connectivity index (χ1v) is 23.9. The van der Waals surface area contributed by atoms with E-state index >= 15 is 0 Å². The summed E-state index contributed by atoms with van der Waals surface area (Å²) in [6.45, 7) is 18.0.